The average molecular weight is 404 g/mol. The van der Waals surface area contributed by atoms with Gasteiger partial charge in [0.1, 0.15) is 18.1 Å². The van der Waals surface area contributed by atoms with Gasteiger partial charge in [-0.25, -0.2) is 0 Å². The molecule has 0 spiro atoms. The van der Waals surface area contributed by atoms with E-state index in [0.717, 1.165) is 37.5 Å². The topological polar surface area (TPSA) is 85.5 Å². The highest BCUT2D eigenvalue weighted by Gasteiger charge is 2.26. The van der Waals surface area contributed by atoms with E-state index in [0.29, 0.717) is 6.54 Å². The highest BCUT2D eigenvalue weighted by molar-refractivity contribution is 5.85. The predicted octanol–water partition coefficient (Wildman–Crippen LogP) is 2.29. The van der Waals surface area contributed by atoms with Gasteiger partial charge in [-0.1, -0.05) is 18.2 Å². The molecule has 1 aliphatic rings. The van der Waals surface area contributed by atoms with E-state index in [2.05, 4.69) is 21.4 Å². The molecule has 1 fully saturated rings. The van der Waals surface area contributed by atoms with Gasteiger partial charge in [0, 0.05) is 31.7 Å². The van der Waals surface area contributed by atoms with Gasteiger partial charge in [0.15, 0.2) is 0 Å². The van der Waals surface area contributed by atoms with Crippen LogP contribution in [0.25, 0.3) is 0 Å². The third-order valence-corrected chi connectivity index (χ3v) is 4.30. The van der Waals surface area contributed by atoms with Crippen LogP contribution in [0.2, 0.25) is 0 Å². The maximum Gasteiger partial charge on any atom is 0.306 e. The zero-order valence-corrected chi connectivity index (χ0v) is 16.0. The zero-order valence-electron chi connectivity index (χ0n) is 14.4. The molecule has 0 amide bonds. The second-order valence-corrected chi connectivity index (χ2v) is 5.72. The zero-order chi connectivity index (χ0) is 16.9. The molecule has 1 aliphatic heterocycles. The van der Waals surface area contributed by atoms with Crippen LogP contribution in [0.5, 0.6) is 5.75 Å². The molecule has 0 bridgehead atoms. The van der Waals surface area contributed by atoms with Crippen molar-refractivity contribution in [2.75, 3.05) is 33.3 Å². The largest absolute Gasteiger partial charge is 0.496 e. The Labute approximate surface area is 164 Å². The number of aromatic nitrogens is 2. The number of nitrogens with zero attached hydrogens (tertiary/aromatic N) is 4. The molecular formula is C16H23Cl2N5O3. The van der Waals surface area contributed by atoms with E-state index in [1.165, 1.54) is 12.4 Å². The number of methoxy groups -OCH3 is 1. The molecule has 2 heterocycles. The fraction of sp³-hybridized carbons (Fsp3) is 0.438. The van der Waals surface area contributed by atoms with Gasteiger partial charge in [0.05, 0.1) is 24.6 Å². The van der Waals surface area contributed by atoms with Gasteiger partial charge in [0.25, 0.3) is 0 Å². The van der Waals surface area contributed by atoms with Gasteiger partial charge in [0.2, 0.25) is 0 Å². The quantitative estimate of drug-likeness (QED) is 0.588. The predicted molar refractivity (Wildman–Crippen MR) is 104 cm³/mol. The molecule has 3 rings (SSSR count). The van der Waals surface area contributed by atoms with Crippen molar-refractivity contribution in [3.8, 4) is 5.75 Å². The summed E-state index contributed by atoms with van der Waals surface area (Å²) in [6.45, 7) is 4.05. The number of benzene rings is 1. The van der Waals surface area contributed by atoms with E-state index in [4.69, 9.17) is 4.74 Å². The highest BCUT2D eigenvalue weighted by Crippen LogP contribution is 2.29. The highest BCUT2D eigenvalue weighted by atomic mass is 35.5. The maximum atomic E-state index is 10.7. The monoisotopic (exact) mass is 403 g/mol. The summed E-state index contributed by atoms with van der Waals surface area (Å²) in [5, 5.41) is 18.2. The summed E-state index contributed by atoms with van der Waals surface area (Å²) in [7, 11) is 1.68. The van der Waals surface area contributed by atoms with Crippen LogP contribution in [0.4, 0.5) is 5.69 Å². The fourth-order valence-corrected chi connectivity index (χ4v) is 3.06. The summed E-state index contributed by atoms with van der Waals surface area (Å²) in [4.78, 5) is 12.7. The van der Waals surface area contributed by atoms with Gasteiger partial charge in [-0.3, -0.25) is 19.7 Å². The van der Waals surface area contributed by atoms with Crippen molar-refractivity contribution < 1.29 is 9.66 Å². The maximum absolute atomic E-state index is 10.7. The van der Waals surface area contributed by atoms with E-state index < -0.39 is 4.92 Å². The Morgan fingerprint density at radius 2 is 2.12 bits per heavy atom. The lowest BCUT2D eigenvalue weighted by molar-refractivity contribution is -0.385. The van der Waals surface area contributed by atoms with Gasteiger partial charge >= 0.3 is 5.69 Å². The van der Waals surface area contributed by atoms with E-state index in [9.17, 15) is 10.1 Å². The van der Waals surface area contributed by atoms with E-state index in [1.54, 1.807) is 11.8 Å². The van der Waals surface area contributed by atoms with Crippen molar-refractivity contribution in [3.63, 3.8) is 0 Å². The van der Waals surface area contributed by atoms with Crippen LogP contribution in [-0.2, 0) is 6.54 Å². The van der Waals surface area contributed by atoms with Crippen LogP contribution in [-0.4, -0.2) is 52.9 Å². The Kier molecular flexibility index (Phi) is 8.80. The molecule has 1 aromatic carbocycles. The first-order chi connectivity index (χ1) is 11.7. The van der Waals surface area contributed by atoms with Crippen LogP contribution in [0.1, 0.15) is 11.6 Å². The number of para-hydroxylation sites is 1. The fourth-order valence-electron chi connectivity index (χ4n) is 3.06. The van der Waals surface area contributed by atoms with Gasteiger partial charge in [-0.2, -0.15) is 5.10 Å². The van der Waals surface area contributed by atoms with E-state index in [-0.39, 0.29) is 36.5 Å². The Morgan fingerprint density at radius 1 is 1.35 bits per heavy atom. The smallest absolute Gasteiger partial charge is 0.306 e. The Balaban J connectivity index is 0.00000169. The number of hydrogen-bond acceptors (Lipinski definition) is 6. The summed E-state index contributed by atoms with van der Waals surface area (Å²) < 4.78 is 7.12. The number of rotatable bonds is 6. The molecule has 1 unspecified atom stereocenters. The number of piperazine rings is 1. The Morgan fingerprint density at radius 3 is 2.81 bits per heavy atom. The summed E-state index contributed by atoms with van der Waals surface area (Å²) in [5.74, 6) is 0.880. The van der Waals surface area contributed by atoms with Crippen LogP contribution >= 0.6 is 24.8 Å². The normalized spacial score (nSPS) is 17.0. The second-order valence-electron chi connectivity index (χ2n) is 5.72. The molecule has 0 radical (unpaired) electrons. The molecule has 1 saturated heterocycles. The van der Waals surface area contributed by atoms with Crippen molar-refractivity contribution in [2.24, 2.45) is 0 Å². The first-order valence-electron chi connectivity index (χ1n) is 7.93. The van der Waals surface area contributed by atoms with Crippen LogP contribution in [0.15, 0.2) is 36.7 Å². The molecule has 0 saturated carbocycles. The first kappa shape index (κ1) is 22.2. The van der Waals surface area contributed by atoms with Crippen molar-refractivity contribution >= 4 is 30.5 Å². The average Bonchev–Trinajstić information content (AvgIpc) is 3.09. The molecule has 1 N–H and O–H groups in total. The summed E-state index contributed by atoms with van der Waals surface area (Å²) in [6, 6.07) is 8.24. The Hall–Kier alpha value is -1.87. The van der Waals surface area contributed by atoms with Gasteiger partial charge in [-0.05, 0) is 6.07 Å². The van der Waals surface area contributed by atoms with E-state index >= 15 is 0 Å². The van der Waals surface area contributed by atoms with Crippen LogP contribution < -0.4 is 10.1 Å². The molecular weight excluding hydrogens is 381 g/mol. The van der Waals surface area contributed by atoms with Gasteiger partial charge in [-0.15, -0.1) is 24.8 Å². The number of hydrogen-bond donors (Lipinski definition) is 1. The molecule has 144 valence electrons. The first-order valence-corrected chi connectivity index (χ1v) is 7.93. The molecule has 26 heavy (non-hydrogen) atoms. The Bertz CT molecular complexity index is 713. The molecule has 1 atom stereocenters. The lowest BCUT2D eigenvalue weighted by Gasteiger charge is -2.37. The summed E-state index contributed by atoms with van der Waals surface area (Å²) in [5.41, 5.74) is 1.18. The molecule has 8 nitrogen and oxygen atoms in total. The lowest BCUT2D eigenvalue weighted by Crippen LogP contribution is -2.47. The molecule has 2 aromatic rings. The number of nitro groups is 1. The third kappa shape index (κ3) is 5.07. The molecule has 10 heteroatoms. The van der Waals surface area contributed by atoms with Crippen molar-refractivity contribution in [1.82, 2.24) is 20.0 Å². The SMILES string of the molecule is COc1ccccc1C1CNCCN1CCn1cc([N+](=O)[O-])cn1.Cl.Cl. The van der Waals surface area contributed by atoms with Crippen LogP contribution in [0.3, 0.4) is 0 Å². The molecule has 1 aromatic heterocycles. The number of nitrogens with one attached hydrogen (secondary N) is 1. The second kappa shape index (κ2) is 10.3. The van der Waals surface area contributed by atoms with Crippen LogP contribution in [0, 0.1) is 10.1 Å². The minimum Gasteiger partial charge on any atom is -0.496 e. The summed E-state index contributed by atoms with van der Waals surface area (Å²) >= 11 is 0. The van der Waals surface area contributed by atoms with Crippen molar-refractivity contribution in [1.29, 1.82) is 0 Å². The number of ether oxygens (including phenoxy) is 1. The van der Waals surface area contributed by atoms with Crippen molar-refractivity contribution in [3.05, 3.63) is 52.3 Å². The molecule has 0 aliphatic carbocycles. The third-order valence-electron chi connectivity index (χ3n) is 4.30. The number of halogens is 2. The summed E-state index contributed by atoms with van der Waals surface area (Å²) in [6.07, 6.45) is 2.76. The van der Waals surface area contributed by atoms with Gasteiger partial charge < -0.3 is 10.1 Å². The van der Waals surface area contributed by atoms with Crippen molar-refractivity contribution in [2.45, 2.75) is 12.6 Å². The van der Waals surface area contributed by atoms with E-state index in [1.807, 2.05) is 18.2 Å². The minimum absolute atomic E-state index is 0. The lowest BCUT2D eigenvalue weighted by atomic mass is 10.0. The standard InChI is InChI=1S/C16H21N5O3.2ClH/c1-24-16-5-3-2-4-14(16)15-11-17-6-7-19(15)8-9-20-12-13(10-18-20)21(22)23;;/h2-5,10,12,15,17H,6-9,11H2,1H3;2*1H. The minimum atomic E-state index is -0.425.